The Bertz CT molecular complexity index is 758. The molecule has 3 amide bonds. The Balaban J connectivity index is 1.63. The number of benzene rings is 1. The normalized spacial score (nSPS) is 19.1. The predicted molar refractivity (Wildman–Crippen MR) is 97.0 cm³/mol. The highest BCUT2D eigenvalue weighted by Crippen LogP contribution is 2.30. The van der Waals surface area contributed by atoms with E-state index < -0.39 is 17.8 Å². The van der Waals surface area contributed by atoms with E-state index in [1.165, 1.54) is 19.2 Å². The van der Waals surface area contributed by atoms with Crippen LogP contribution in [-0.4, -0.2) is 73.5 Å². The van der Waals surface area contributed by atoms with Gasteiger partial charge in [0.25, 0.3) is 0 Å². The van der Waals surface area contributed by atoms with Gasteiger partial charge in [-0.3, -0.25) is 19.3 Å². The van der Waals surface area contributed by atoms with Gasteiger partial charge in [0.05, 0.1) is 12.2 Å². The lowest BCUT2D eigenvalue weighted by Crippen LogP contribution is -2.57. The molecule has 29 heavy (non-hydrogen) atoms. The first kappa shape index (κ1) is 21.1. The van der Waals surface area contributed by atoms with Crippen molar-refractivity contribution in [3.05, 3.63) is 29.8 Å². The molecule has 0 N–H and O–H groups in total. The molecule has 1 aromatic carbocycles. The van der Waals surface area contributed by atoms with E-state index in [0.717, 1.165) is 17.0 Å². The minimum absolute atomic E-state index is 0.0740. The van der Waals surface area contributed by atoms with Crippen LogP contribution in [0.15, 0.2) is 24.3 Å². The average molecular weight is 413 g/mol. The lowest BCUT2D eigenvalue weighted by molar-refractivity contribution is -0.152. The van der Waals surface area contributed by atoms with Gasteiger partial charge < -0.3 is 14.5 Å². The molecule has 2 aliphatic heterocycles. The number of hydrogen-bond donors (Lipinski definition) is 0. The largest absolute Gasteiger partial charge is 0.416 e. The lowest BCUT2D eigenvalue weighted by Gasteiger charge is -2.38. The van der Waals surface area contributed by atoms with Crippen LogP contribution in [0.25, 0.3) is 0 Å². The second kappa shape index (κ2) is 8.40. The maximum absolute atomic E-state index is 12.9. The highest BCUT2D eigenvalue weighted by molar-refractivity contribution is 6.05. The van der Waals surface area contributed by atoms with Crippen molar-refractivity contribution in [2.24, 2.45) is 0 Å². The topological polar surface area (TPSA) is 70.2 Å². The van der Waals surface area contributed by atoms with Crippen molar-refractivity contribution in [1.82, 2.24) is 9.80 Å². The Morgan fingerprint density at radius 1 is 1.03 bits per heavy atom. The molecule has 2 fully saturated rings. The first-order valence-corrected chi connectivity index (χ1v) is 9.27. The van der Waals surface area contributed by atoms with Crippen LogP contribution in [0.3, 0.4) is 0 Å². The predicted octanol–water partition coefficient (Wildman–Crippen LogP) is 1.52. The third-order valence-electron chi connectivity index (χ3n) is 5.16. The summed E-state index contributed by atoms with van der Waals surface area (Å²) in [5.74, 6) is -1.12. The molecule has 0 unspecified atom stereocenters. The number of methoxy groups -OCH3 is 1. The summed E-state index contributed by atoms with van der Waals surface area (Å²) in [5.41, 5.74) is -0.0687. The van der Waals surface area contributed by atoms with E-state index in [1.54, 1.807) is 4.90 Å². The molecule has 7 nitrogen and oxygen atoms in total. The van der Waals surface area contributed by atoms with E-state index in [4.69, 9.17) is 4.74 Å². The molecule has 0 spiro atoms. The molecule has 0 bridgehead atoms. The van der Waals surface area contributed by atoms with Gasteiger partial charge in [-0.2, -0.15) is 13.2 Å². The molecule has 2 aliphatic rings. The van der Waals surface area contributed by atoms with E-state index in [2.05, 4.69) is 0 Å². The average Bonchev–Trinajstić information content (AvgIpc) is 3.03. The zero-order chi connectivity index (χ0) is 21.2. The summed E-state index contributed by atoms with van der Waals surface area (Å²) in [6, 6.07) is 3.91. The molecule has 10 heteroatoms. The van der Waals surface area contributed by atoms with Gasteiger partial charge in [0.1, 0.15) is 6.04 Å². The van der Waals surface area contributed by atoms with Crippen molar-refractivity contribution in [1.29, 1.82) is 0 Å². The molecule has 0 radical (unpaired) electrons. The van der Waals surface area contributed by atoms with E-state index in [-0.39, 0.29) is 37.2 Å². The summed E-state index contributed by atoms with van der Waals surface area (Å²) < 4.78 is 43.2. The van der Waals surface area contributed by atoms with Gasteiger partial charge >= 0.3 is 6.18 Å². The summed E-state index contributed by atoms with van der Waals surface area (Å²) in [6.45, 7) is 1.44. The summed E-state index contributed by atoms with van der Waals surface area (Å²) in [7, 11) is 1.40. The monoisotopic (exact) mass is 413 g/mol. The van der Waals surface area contributed by atoms with Gasteiger partial charge in [0, 0.05) is 51.8 Å². The molecule has 1 aromatic rings. The van der Waals surface area contributed by atoms with Gasteiger partial charge in [-0.15, -0.1) is 0 Å². The van der Waals surface area contributed by atoms with Crippen molar-refractivity contribution in [2.75, 3.05) is 44.8 Å². The highest BCUT2D eigenvalue weighted by Gasteiger charge is 2.41. The molecule has 158 valence electrons. The lowest BCUT2D eigenvalue weighted by atomic mass is 10.1. The Hall–Kier alpha value is -2.62. The molecule has 1 atom stereocenters. The number of piperazine rings is 1. The second-order valence-electron chi connectivity index (χ2n) is 6.99. The van der Waals surface area contributed by atoms with Crippen LogP contribution in [0, 0.1) is 0 Å². The van der Waals surface area contributed by atoms with Crippen LogP contribution in [0.4, 0.5) is 18.9 Å². The number of ether oxygens (including phenoxy) is 1. The van der Waals surface area contributed by atoms with Crippen LogP contribution in [0.1, 0.15) is 18.4 Å². The maximum atomic E-state index is 12.9. The molecule has 2 saturated heterocycles. The Morgan fingerprint density at radius 2 is 1.59 bits per heavy atom. The standard InChI is InChI=1S/C19H22F3N3O4/c1-29-12-15(25-16(26)6-7-17(25)27)18(28)24-10-8-23(9-11-24)14-4-2-13(3-5-14)19(20,21)22/h2-5,15H,6-12H2,1H3/t15-/m1/s1. The summed E-state index contributed by atoms with van der Waals surface area (Å²) in [4.78, 5) is 41.4. The number of halogens is 3. The highest BCUT2D eigenvalue weighted by atomic mass is 19.4. The molecule has 2 heterocycles. The number of imide groups is 1. The van der Waals surface area contributed by atoms with Crippen molar-refractivity contribution in [3.63, 3.8) is 0 Å². The van der Waals surface area contributed by atoms with Crippen molar-refractivity contribution >= 4 is 23.4 Å². The quantitative estimate of drug-likeness (QED) is 0.685. The van der Waals surface area contributed by atoms with Crippen LogP contribution in [-0.2, 0) is 25.3 Å². The molecule has 3 rings (SSSR count). The number of rotatable bonds is 5. The Kier molecular flexibility index (Phi) is 6.11. The summed E-state index contributed by atoms with van der Waals surface area (Å²) >= 11 is 0. The fourth-order valence-corrected chi connectivity index (χ4v) is 3.61. The Morgan fingerprint density at radius 3 is 2.07 bits per heavy atom. The first-order valence-electron chi connectivity index (χ1n) is 9.27. The van der Waals surface area contributed by atoms with Gasteiger partial charge in [-0.05, 0) is 24.3 Å². The smallest absolute Gasteiger partial charge is 0.382 e. The van der Waals surface area contributed by atoms with E-state index >= 15 is 0 Å². The minimum Gasteiger partial charge on any atom is -0.382 e. The number of carbonyl (C=O) groups is 3. The van der Waals surface area contributed by atoms with E-state index in [1.807, 2.05) is 4.90 Å². The molecule has 0 aromatic heterocycles. The second-order valence-corrected chi connectivity index (χ2v) is 6.99. The minimum atomic E-state index is -4.38. The van der Waals surface area contributed by atoms with Crippen LogP contribution in [0.5, 0.6) is 0 Å². The zero-order valence-corrected chi connectivity index (χ0v) is 15.9. The van der Waals surface area contributed by atoms with E-state index in [0.29, 0.717) is 31.9 Å². The number of alkyl halides is 3. The number of nitrogens with zero attached hydrogens (tertiary/aromatic N) is 3. The fraction of sp³-hybridized carbons (Fsp3) is 0.526. The number of anilines is 1. The first-order chi connectivity index (χ1) is 13.7. The van der Waals surface area contributed by atoms with E-state index in [9.17, 15) is 27.6 Å². The summed E-state index contributed by atoms with van der Waals surface area (Å²) in [6.07, 6.45) is -4.20. The summed E-state index contributed by atoms with van der Waals surface area (Å²) in [5, 5.41) is 0. The van der Waals surface area contributed by atoms with Crippen molar-refractivity contribution < 1.29 is 32.3 Å². The number of carbonyl (C=O) groups excluding carboxylic acids is 3. The molecular formula is C19H22F3N3O4. The van der Waals surface area contributed by atoms with Crippen LogP contribution in [0.2, 0.25) is 0 Å². The van der Waals surface area contributed by atoms with Crippen molar-refractivity contribution in [2.45, 2.75) is 25.1 Å². The van der Waals surface area contributed by atoms with Gasteiger partial charge in [0.15, 0.2) is 0 Å². The number of amides is 3. The van der Waals surface area contributed by atoms with Gasteiger partial charge in [0.2, 0.25) is 17.7 Å². The molecule has 0 saturated carbocycles. The maximum Gasteiger partial charge on any atom is 0.416 e. The number of hydrogen-bond acceptors (Lipinski definition) is 5. The zero-order valence-electron chi connectivity index (χ0n) is 15.9. The SMILES string of the molecule is COC[C@H](C(=O)N1CCN(c2ccc(C(F)(F)F)cc2)CC1)N1C(=O)CCC1=O. The third-order valence-corrected chi connectivity index (χ3v) is 5.16. The van der Waals surface area contributed by atoms with Gasteiger partial charge in [-0.1, -0.05) is 0 Å². The Labute approximate surface area is 166 Å². The van der Waals surface area contributed by atoms with Crippen molar-refractivity contribution in [3.8, 4) is 0 Å². The van der Waals surface area contributed by atoms with Crippen LogP contribution < -0.4 is 4.90 Å². The fourth-order valence-electron chi connectivity index (χ4n) is 3.61. The molecule has 0 aliphatic carbocycles. The van der Waals surface area contributed by atoms with Crippen LogP contribution >= 0.6 is 0 Å². The third kappa shape index (κ3) is 4.52. The molecular weight excluding hydrogens is 391 g/mol. The number of likely N-dealkylation sites (tertiary alicyclic amines) is 1. The van der Waals surface area contributed by atoms with Gasteiger partial charge in [-0.25, -0.2) is 0 Å².